The zero-order chi connectivity index (χ0) is 18.8. The first-order valence-corrected chi connectivity index (χ1v) is 8.53. The summed E-state index contributed by atoms with van der Waals surface area (Å²) >= 11 is 0. The summed E-state index contributed by atoms with van der Waals surface area (Å²) in [6.07, 6.45) is 0. The zero-order valence-electron chi connectivity index (χ0n) is 15.5. The molecule has 0 spiro atoms. The van der Waals surface area contributed by atoms with Crippen molar-refractivity contribution >= 4 is 11.9 Å². The SMILES string of the molecule is CN=C(NCCOc1ccccc1)NCc1ccc(C(=O)N(C)C)cc1. The fraction of sp³-hybridized carbons (Fsp3) is 0.300. The summed E-state index contributed by atoms with van der Waals surface area (Å²) in [6.45, 7) is 1.81. The Hall–Kier alpha value is -3.02. The van der Waals surface area contributed by atoms with Gasteiger partial charge in [0.2, 0.25) is 0 Å². The monoisotopic (exact) mass is 354 g/mol. The van der Waals surface area contributed by atoms with Crippen LogP contribution in [-0.2, 0) is 6.54 Å². The molecule has 6 nitrogen and oxygen atoms in total. The van der Waals surface area contributed by atoms with Crippen molar-refractivity contribution in [3.63, 3.8) is 0 Å². The molecule has 0 heterocycles. The number of amides is 1. The predicted octanol–water partition coefficient (Wildman–Crippen LogP) is 2.13. The van der Waals surface area contributed by atoms with Gasteiger partial charge < -0.3 is 20.3 Å². The van der Waals surface area contributed by atoms with Gasteiger partial charge in [0.15, 0.2) is 5.96 Å². The van der Waals surface area contributed by atoms with Crippen LogP contribution in [-0.4, -0.2) is 51.1 Å². The van der Waals surface area contributed by atoms with E-state index in [1.54, 1.807) is 26.0 Å². The summed E-state index contributed by atoms with van der Waals surface area (Å²) in [5, 5.41) is 6.45. The second kappa shape index (κ2) is 10.1. The minimum Gasteiger partial charge on any atom is -0.492 e. The summed E-state index contributed by atoms with van der Waals surface area (Å²) in [5.41, 5.74) is 1.75. The van der Waals surface area contributed by atoms with Crippen LogP contribution < -0.4 is 15.4 Å². The molecule has 0 aliphatic heterocycles. The first-order valence-electron chi connectivity index (χ1n) is 8.53. The van der Waals surface area contributed by atoms with Crippen molar-refractivity contribution in [1.82, 2.24) is 15.5 Å². The molecular weight excluding hydrogens is 328 g/mol. The van der Waals surface area contributed by atoms with E-state index in [0.717, 1.165) is 11.3 Å². The molecule has 138 valence electrons. The lowest BCUT2D eigenvalue weighted by atomic mass is 10.1. The lowest BCUT2D eigenvalue weighted by Crippen LogP contribution is -2.38. The van der Waals surface area contributed by atoms with Crippen LogP contribution in [0.1, 0.15) is 15.9 Å². The average molecular weight is 354 g/mol. The Morgan fingerprint density at radius 2 is 1.73 bits per heavy atom. The minimum absolute atomic E-state index is 0.000372. The number of para-hydroxylation sites is 1. The topological polar surface area (TPSA) is 66.0 Å². The van der Waals surface area contributed by atoms with Gasteiger partial charge in [0, 0.05) is 33.3 Å². The van der Waals surface area contributed by atoms with Crippen molar-refractivity contribution in [2.75, 3.05) is 34.3 Å². The second-order valence-electron chi connectivity index (χ2n) is 5.91. The van der Waals surface area contributed by atoms with E-state index in [1.807, 2.05) is 54.6 Å². The van der Waals surface area contributed by atoms with Gasteiger partial charge in [-0.15, -0.1) is 0 Å². The molecule has 0 bridgehead atoms. The quantitative estimate of drug-likeness (QED) is 0.454. The number of guanidine groups is 1. The van der Waals surface area contributed by atoms with Gasteiger partial charge >= 0.3 is 0 Å². The number of aliphatic imine (C=N–C) groups is 1. The van der Waals surface area contributed by atoms with Crippen LogP contribution >= 0.6 is 0 Å². The molecule has 0 aromatic heterocycles. The molecule has 0 saturated heterocycles. The van der Waals surface area contributed by atoms with Gasteiger partial charge in [0.1, 0.15) is 12.4 Å². The molecule has 2 aromatic carbocycles. The maximum absolute atomic E-state index is 11.9. The molecule has 1 amide bonds. The first-order chi connectivity index (χ1) is 12.6. The molecule has 26 heavy (non-hydrogen) atoms. The normalized spacial score (nSPS) is 11.0. The summed E-state index contributed by atoms with van der Waals surface area (Å²) < 4.78 is 5.64. The number of carbonyl (C=O) groups excluding carboxylic acids is 1. The van der Waals surface area contributed by atoms with Crippen molar-refractivity contribution < 1.29 is 9.53 Å². The van der Waals surface area contributed by atoms with Crippen LogP contribution in [0.2, 0.25) is 0 Å². The Morgan fingerprint density at radius 1 is 1.04 bits per heavy atom. The summed E-state index contributed by atoms with van der Waals surface area (Å²) in [6, 6.07) is 17.3. The minimum atomic E-state index is 0.000372. The van der Waals surface area contributed by atoms with Gasteiger partial charge in [0.05, 0.1) is 6.54 Å². The van der Waals surface area contributed by atoms with Crippen molar-refractivity contribution in [2.24, 2.45) is 4.99 Å². The Balaban J connectivity index is 1.73. The van der Waals surface area contributed by atoms with E-state index in [-0.39, 0.29) is 5.91 Å². The highest BCUT2D eigenvalue weighted by molar-refractivity contribution is 5.93. The van der Waals surface area contributed by atoms with Gasteiger partial charge in [-0.1, -0.05) is 30.3 Å². The third-order valence-corrected chi connectivity index (χ3v) is 3.70. The Bertz CT molecular complexity index is 712. The molecule has 6 heteroatoms. The Kier molecular flexibility index (Phi) is 7.49. The smallest absolute Gasteiger partial charge is 0.253 e. The molecule has 2 N–H and O–H groups in total. The van der Waals surface area contributed by atoms with E-state index >= 15 is 0 Å². The number of nitrogens with one attached hydrogen (secondary N) is 2. The molecule has 0 aliphatic rings. The predicted molar refractivity (Wildman–Crippen MR) is 105 cm³/mol. The van der Waals surface area contributed by atoms with Gasteiger partial charge in [-0.05, 0) is 29.8 Å². The van der Waals surface area contributed by atoms with Crippen LogP contribution in [0.15, 0.2) is 59.6 Å². The number of hydrogen-bond acceptors (Lipinski definition) is 3. The molecule has 2 aromatic rings. The second-order valence-corrected chi connectivity index (χ2v) is 5.91. The molecule has 0 atom stereocenters. The number of nitrogens with zero attached hydrogens (tertiary/aromatic N) is 2. The van der Waals surface area contributed by atoms with E-state index in [0.29, 0.717) is 31.2 Å². The highest BCUT2D eigenvalue weighted by Gasteiger charge is 2.07. The molecule has 0 unspecified atom stereocenters. The van der Waals surface area contributed by atoms with E-state index in [1.165, 1.54) is 0 Å². The van der Waals surface area contributed by atoms with Crippen molar-refractivity contribution in [1.29, 1.82) is 0 Å². The standard InChI is InChI=1S/C20H26N4O2/c1-21-20(22-13-14-26-18-7-5-4-6-8-18)23-15-16-9-11-17(12-10-16)19(25)24(2)3/h4-12H,13-15H2,1-3H3,(H2,21,22,23). The van der Waals surface area contributed by atoms with Crippen LogP contribution in [0.4, 0.5) is 0 Å². The Labute approximate surface area is 154 Å². The molecule has 0 aliphatic carbocycles. The maximum atomic E-state index is 11.9. The number of benzene rings is 2. The van der Waals surface area contributed by atoms with Gasteiger partial charge in [-0.3, -0.25) is 9.79 Å². The molecule has 0 saturated carbocycles. The van der Waals surface area contributed by atoms with Gasteiger partial charge in [-0.2, -0.15) is 0 Å². The largest absolute Gasteiger partial charge is 0.492 e. The lowest BCUT2D eigenvalue weighted by Gasteiger charge is -2.13. The number of carbonyl (C=O) groups is 1. The van der Waals surface area contributed by atoms with Crippen LogP contribution in [0.25, 0.3) is 0 Å². The molecule has 0 fully saturated rings. The van der Waals surface area contributed by atoms with E-state index in [4.69, 9.17) is 4.74 Å². The fourth-order valence-corrected chi connectivity index (χ4v) is 2.28. The first kappa shape index (κ1) is 19.3. The van der Waals surface area contributed by atoms with Crippen LogP contribution in [0, 0.1) is 0 Å². The average Bonchev–Trinajstić information content (AvgIpc) is 2.68. The summed E-state index contributed by atoms with van der Waals surface area (Å²) in [5.74, 6) is 1.56. The third kappa shape index (κ3) is 6.12. The zero-order valence-corrected chi connectivity index (χ0v) is 15.5. The molecular formula is C20H26N4O2. The lowest BCUT2D eigenvalue weighted by molar-refractivity contribution is 0.0827. The Morgan fingerprint density at radius 3 is 2.35 bits per heavy atom. The highest BCUT2D eigenvalue weighted by atomic mass is 16.5. The summed E-state index contributed by atoms with van der Waals surface area (Å²) in [4.78, 5) is 17.6. The van der Waals surface area contributed by atoms with Gasteiger partial charge in [-0.25, -0.2) is 0 Å². The highest BCUT2D eigenvalue weighted by Crippen LogP contribution is 2.07. The summed E-state index contributed by atoms with van der Waals surface area (Å²) in [7, 11) is 5.22. The van der Waals surface area contributed by atoms with Crippen LogP contribution in [0.5, 0.6) is 5.75 Å². The van der Waals surface area contributed by atoms with E-state index < -0.39 is 0 Å². The fourth-order valence-electron chi connectivity index (χ4n) is 2.28. The van der Waals surface area contributed by atoms with Crippen LogP contribution in [0.3, 0.4) is 0 Å². The van der Waals surface area contributed by atoms with Gasteiger partial charge in [0.25, 0.3) is 5.91 Å². The number of hydrogen-bond donors (Lipinski definition) is 2. The van der Waals surface area contributed by atoms with E-state index in [9.17, 15) is 4.79 Å². The number of ether oxygens (including phenoxy) is 1. The van der Waals surface area contributed by atoms with Crippen molar-refractivity contribution in [3.8, 4) is 5.75 Å². The molecule has 0 radical (unpaired) electrons. The number of rotatable bonds is 7. The molecule has 2 rings (SSSR count). The third-order valence-electron chi connectivity index (χ3n) is 3.70. The van der Waals surface area contributed by atoms with E-state index in [2.05, 4.69) is 15.6 Å². The van der Waals surface area contributed by atoms with Crippen molar-refractivity contribution in [2.45, 2.75) is 6.54 Å². The maximum Gasteiger partial charge on any atom is 0.253 e. The van der Waals surface area contributed by atoms with Crippen molar-refractivity contribution in [3.05, 3.63) is 65.7 Å².